The smallest absolute Gasteiger partial charge is 0.350 e. The zero-order valence-electron chi connectivity index (χ0n) is 15.9. The van der Waals surface area contributed by atoms with Gasteiger partial charge in [-0.25, -0.2) is 13.2 Å². The number of hydrogen-bond acceptors (Lipinski definition) is 6. The number of methoxy groups -OCH3 is 1. The van der Waals surface area contributed by atoms with E-state index >= 15 is 0 Å². The molecule has 152 valence electrons. The Bertz CT molecular complexity index is 1120. The third-order valence-corrected chi connectivity index (χ3v) is 7.15. The van der Waals surface area contributed by atoms with Crippen molar-refractivity contribution in [3.63, 3.8) is 0 Å². The highest BCUT2D eigenvalue weighted by atomic mass is 32.2. The first-order chi connectivity index (χ1) is 13.9. The van der Waals surface area contributed by atoms with Gasteiger partial charge in [0.1, 0.15) is 4.88 Å². The third kappa shape index (κ3) is 5.42. The highest BCUT2D eigenvalue weighted by molar-refractivity contribution is 7.90. The molecule has 1 heterocycles. The van der Waals surface area contributed by atoms with Crippen LogP contribution in [0.15, 0.2) is 54.6 Å². The quantitative estimate of drug-likeness (QED) is 0.544. The standard InChI is InChI=1S/C21H21NO5S2/c1-27-21(24)20-19(16-10-5-6-11-17(16)28-20)22-18(23)12-7-13-29(25,26)14-15-8-3-2-4-9-15/h2-6,8-11H,7,12-14H2,1H3,(H,22,23). The van der Waals surface area contributed by atoms with Crippen LogP contribution in [-0.2, 0) is 25.1 Å². The SMILES string of the molecule is COC(=O)c1sc2ccccc2c1NC(=O)CCCS(=O)(=O)Cc1ccccc1. The van der Waals surface area contributed by atoms with Gasteiger partial charge in [-0.1, -0.05) is 48.5 Å². The van der Waals surface area contributed by atoms with Crippen molar-refractivity contribution in [2.75, 3.05) is 18.2 Å². The Labute approximate surface area is 173 Å². The molecule has 0 saturated carbocycles. The Morgan fingerprint density at radius 3 is 2.45 bits per heavy atom. The van der Waals surface area contributed by atoms with Crippen LogP contribution >= 0.6 is 11.3 Å². The first-order valence-electron chi connectivity index (χ1n) is 9.03. The summed E-state index contributed by atoms with van der Waals surface area (Å²) < 4.78 is 30.2. The van der Waals surface area contributed by atoms with Crippen LogP contribution in [0.1, 0.15) is 28.1 Å². The number of nitrogens with one attached hydrogen (secondary N) is 1. The molecule has 0 aliphatic rings. The van der Waals surface area contributed by atoms with Gasteiger partial charge in [-0.15, -0.1) is 11.3 Å². The van der Waals surface area contributed by atoms with Crippen molar-refractivity contribution in [3.8, 4) is 0 Å². The Morgan fingerprint density at radius 1 is 1.03 bits per heavy atom. The summed E-state index contributed by atoms with van der Waals surface area (Å²) in [6.45, 7) is 0. The van der Waals surface area contributed by atoms with Gasteiger partial charge in [0, 0.05) is 16.5 Å². The summed E-state index contributed by atoms with van der Waals surface area (Å²) in [5, 5.41) is 3.51. The second-order valence-electron chi connectivity index (χ2n) is 6.52. The number of hydrogen-bond donors (Lipinski definition) is 1. The molecular weight excluding hydrogens is 410 g/mol. The molecule has 0 aliphatic carbocycles. The van der Waals surface area contributed by atoms with Crippen LogP contribution in [-0.4, -0.2) is 33.2 Å². The first-order valence-corrected chi connectivity index (χ1v) is 11.7. The first kappa shape index (κ1) is 21.0. The molecule has 0 unspecified atom stereocenters. The molecule has 1 N–H and O–H groups in total. The van der Waals surface area contributed by atoms with Gasteiger partial charge < -0.3 is 10.1 Å². The third-order valence-electron chi connectivity index (χ3n) is 4.32. The summed E-state index contributed by atoms with van der Waals surface area (Å²) in [6.07, 6.45) is 0.245. The maximum Gasteiger partial charge on any atom is 0.350 e. The molecule has 0 bridgehead atoms. The van der Waals surface area contributed by atoms with E-state index in [0.717, 1.165) is 15.6 Å². The van der Waals surface area contributed by atoms with E-state index in [4.69, 9.17) is 4.74 Å². The summed E-state index contributed by atoms with van der Waals surface area (Å²) in [7, 11) is -2.02. The van der Waals surface area contributed by atoms with E-state index in [1.165, 1.54) is 18.4 Å². The van der Waals surface area contributed by atoms with Gasteiger partial charge in [0.05, 0.1) is 24.3 Å². The van der Waals surface area contributed by atoms with Crippen LogP contribution in [0.4, 0.5) is 5.69 Å². The number of thiophene rings is 1. The molecule has 1 amide bonds. The predicted octanol–water partition coefficient (Wildman–Crippen LogP) is 4.02. The van der Waals surface area contributed by atoms with E-state index in [0.29, 0.717) is 10.6 Å². The topological polar surface area (TPSA) is 89.5 Å². The highest BCUT2D eigenvalue weighted by Gasteiger charge is 2.21. The number of amides is 1. The van der Waals surface area contributed by atoms with Crippen LogP contribution < -0.4 is 5.32 Å². The lowest BCUT2D eigenvalue weighted by atomic mass is 10.2. The van der Waals surface area contributed by atoms with Crippen LogP contribution in [0, 0.1) is 0 Å². The highest BCUT2D eigenvalue weighted by Crippen LogP contribution is 2.36. The van der Waals surface area contributed by atoms with Gasteiger partial charge in [-0.05, 0) is 18.1 Å². The van der Waals surface area contributed by atoms with Crippen LogP contribution in [0.2, 0.25) is 0 Å². The monoisotopic (exact) mass is 431 g/mol. The minimum atomic E-state index is -3.30. The summed E-state index contributed by atoms with van der Waals surface area (Å²) in [6, 6.07) is 16.3. The Balaban J connectivity index is 1.63. The molecule has 0 spiro atoms. The van der Waals surface area contributed by atoms with Crippen molar-refractivity contribution < 1.29 is 22.7 Å². The van der Waals surface area contributed by atoms with E-state index in [1.807, 2.05) is 30.3 Å². The molecular formula is C21H21NO5S2. The number of rotatable bonds is 8. The van der Waals surface area contributed by atoms with Crippen molar-refractivity contribution in [2.24, 2.45) is 0 Å². The molecule has 8 heteroatoms. The van der Waals surface area contributed by atoms with Crippen molar-refractivity contribution in [1.82, 2.24) is 0 Å². The number of benzene rings is 2. The fourth-order valence-corrected chi connectivity index (χ4v) is 5.47. The lowest BCUT2D eigenvalue weighted by molar-refractivity contribution is -0.116. The maximum atomic E-state index is 12.4. The molecule has 6 nitrogen and oxygen atoms in total. The van der Waals surface area contributed by atoms with E-state index in [1.54, 1.807) is 24.3 Å². The minimum Gasteiger partial charge on any atom is -0.465 e. The van der Waals surface area contributed by atoms with Gasteiger partial charge in [0.15, 0.2) is 9.84 Å². The maximum absolute atomic E-state index is 12.4. The summed E-state index contributed by atoms with van der Waals surface area (Å²) in [4.78, 5) is 24.8. The molecule has 0 fully saturated rings. The van der Waals surface area contributed by atoms with Crippen molar-refractivity contribution in [1.29, 1.82) is 0 Å². The van der Waals surface area contributed by atoms with E-state index in [-0.39, 0.29) is 30.3 Å². The minimum absolute atomic E-state index is 0.0405. The van der Waals surface area contributed by atoms with Crippen LogP contribution in [0.25, 0.3) is 10.1 Å². The molecule has 3 rings (SSSR count). The van der Waals surface area contributed by atoms with Crippen LogP contribution in [0.5, 0.6) is 0 Å². The number of ether oxygens (including phenoxy) is 1. The van der Waals surface area contributed by atoms with E-state index in [9.17, 15) is 18.0 Å². The zero-order valence-corrected chi connectivity index (χ0v) is 17.5. The molecule has 0 atom stereocenters. The number of esters is 1. The second-order valence-corrected chi connectivity index (χ2v) is 9.76. The average Bonchev–Trinajstić information content (AvgIpc) is 3.06. The molecule has 29 heavy (non-hydrogen) atoms. The zero-order chi connectivity index (χ0) is 20.9. The van der Waals surface area contributed by atoms with Gasteiger partial charge in [-0.2, -0.15) is 0 Å². The number of sulfone groups is 1. The van der Waals surface area contributed by atoms with Crippen molar-refractivity contribution in [2.45, 2.75) is 18.6 Å². The van der Waals surface area contributed by atoms with E-state index < -0.39 is 15.8 Å². The van der Waals surface area contributed by atoms with Crippen molar-refractivity contribution >= 4 is 48.8 Å². The normalized spacial score (nSPS) is 11.3. The fourth-order valence-electron chi connectivity index (χ4n) is 2.96. The van der Waals surface area contributed by atoms with Gasteiger partial charge in [0.2, 0.25) is 5.91 Å². The molecule has 3 aromatic rings. The largest absolute Gasteiger partial charge is 0.465 e. The molecule has 0 radical (unpaired) electrons. The van der Waals surface area contributed by atoms with Gasteiger partial charge in [0.25, 0.3) is 0 Å². The lowest BCUT2D eigenvalue weighted by Gasteiger charge is -2.07. The summed E-state index contributed by atoms with van der Waals surface area (Å²) in [5.74, 6) is -0.985. The molecule has 2 aromatic carbocycles. The van der Waals surface area contributed by atoms with Gasteiger partial charge >= 0.3 is 5.97 Å². The average molecular weight is 432 g/mol. The number of fused-ring (bicyclic) bond motifs is 1. The van der Waals surface area contributed by atoms with Crippen LogP contribution in [0.3, 0.4) is 0 Å². The second kappa shape index (κ2) is 9.19. The predicted molar refractivity (Wildman–Crippen MR) is 115 cm³/mol. The number of carbonyl (C=O) groups is 2. The Morgan fingerprint density at radius 2 is 1.72 bits per heavy atom. The fraction of sp³-hybridized carbons (Fsp3) is 0.238. The van der Waals surface area contributed by atoms with Gasteiger partial charge in [-0.3, -0.25) is 4.79 Å². The molecule has 0 saturated heterocycles. The summed E-state index contributed by atoms with van der Waals surface area (Å²) in [5.41, 5.74) is 1.14. The Kier molecular flexibility index (Phi) is 6.66. The van der Waals surface area contributed by atoms with Crippen molar-refractivity contribution in [3.05, 3.63) is 65.0 Å². The molecule has 1 aromatic heterocycles. The molecule has 0 aliphatic heterocycles. The lowest BCUT2D eigenvalue weighted by Crippen LogP contribution is -2.16. The number of anilines is 1. The Hall–Kier alpha value is -2.71. The number of carbonyl (C=O) groups excluding carboxylic acids is 2. The van der Waals surface area contributed by atoms with E-state index in [2.05, 4.69) is 5.32 Å². The summed E-state index contributed by atoms with van der Waals surface area (Å²) >= 11 is 1.24.